The molecule has 2 aliphatic heterocycles. The maximum Gasteiger partial charge on any atom is 0.0946 e. The molecule has 0 bridgehead atoms. The second-order valence-electron chi connectivity index (χ2n) is 7.53. The molecule has 2 aliphatic carbocycles. The molecular formula is C22H28N2. The molecule has 0 aromatic heterocycles. The highest BCUT2D eigenvalue weighted by Crippen LogP contribution is 2.41. The van der Waals surface area contributed by atoms with Gasteiger partial charge in [0.15, 0.2) is 0 Å². The lowest BCUT2D eigenvalue weighted by Gasteiger charge is -2.39. The zero-order valence-corrected chi connectivity index (χ0v) is 14.9. The molecule has 3 unspecified atom stereocenters. The first-order chi connectivity index (χ1) is 11.8. The van der Waals surface area contributed by atoms with Crippen molar-refractivity contribution in [2.24, 2.45) is 27.7 Å². The molecule has 24 heavy (non-hydrogen) atoms. The first kappa shape index (κ1) is 15.8. The van der Waals surface area contributed by atoms with E-state index in [0.717, 1.165) is 12.8 Å². The molecule has 0 fully saturated rings. The molecule has 2 nitrogen and oxygen atoms in total. The summed E-state index contributed by atoms with van der Waals surface area (Å²) >= 11 is 0. The monoisotopic (exact) mass is 320 g/mol. The van der Waals surface area contributed by atoms with Gasteiger partial charge in [0.25, 0.3) is 0 Å². The molecule has 2 heterocycles. The number of aliphatic imine (C=N–C) groups is 2. The topological polar surface area (TPSA) is 24.7 Å². The van der Waals surface area contributed by atoms with Gasteiger partial charge in [-0.2, -0.15) is 0 Å². The second kappa shape index (κ2) is 6.66. The molecule has 0 N–H and O–H groups in total. The summed E-state index contributed by atoms with van der Waals surface area (Å²) in [5.41, 5.74) is 5.69. The Bertz CT molecular complexity index is 687. The average Bonchev–Trinajstić information content (AvgIpc) is 2.64. The van der Waals surface area contributed by atoms with E-state index in [2.05, 4.69) is 44.2 Å². The van der Waals surface area contributed by atoms with Crippen LogP contribution in [-0.4, -0.2) is 17.5 Å². The molecule has 2 heteroatoms. The third-order valence-corrected chi connectivity index (χ3v) is 5.99. The minimum atomic E-state index is 0.248. The standard InChI is InChI=1S/C22H28N2/c1-3-8-17-15(2)21(20-11-6-7-14-23-20)24-22-18-10-5-4-9-16(18)12-13-19(17)22/h5,7,10,12-16,18,21H,3-4,6,8-9,11H2,1-2H3/t15?,16?,18-,21?/m1/s1. The minimum Gasteiger partial charge on any atom is -0.279 e. The van der Waals surface area contributed by atoms with Crippen molar-refractivity contribution in [3.8, 4) is 0 Å². The van der Waals surface area contributed by atoms with Crippen LogP contribution in [0.4, 0.5) is 0 Å². The van der Waals surface area contributed by atoms with E-state index in [9.17, 15) is 0 Å². The van der Waals surface area contributed by atoms with Crippen LogP contribution in [0.25, 0.3) is 0 Å². The van der Waals surface area contributed by atoms with Gasteiger partial charge >= 0.3 is 0 Å². The van der Waals surface area contributed by atoms with E-state index in [-0.39, 0.29) is 6.04 Å². The van der Waals surface area contributed by atoms with E-state index >= 15 is 0 Å². The summed E-state index contributed by atoms with van der Waals surface area (Å²) in [6.45, 7) is 4.65. The van der Waals surface area contributed by atoms with Crippen molar-refractivity contribution < 1.29 is 0 Å². The van der Waals surface area contributed by atoms with E-state index in [0.29, 0.717) is 17.8 Å². The van der Waals surface area contributed by atoms with Crippen molar-refractivity contribution in [3.05, 3.63) is 47.7 Å². The van der Waals surface area contributed by atoms with E-state index in [4.69, 9.17) is 9.98 Å². The lowest BCUT2D eigenvalue weighted by atomic mass is 9.70. The maximum atomic E-state index is 5.32. The largest absolute Gasteiger partial charge is 0.279 e. The SMILES string of the molecule is CCCC1=C2C=CC3CCC=C[C@H]3C2=NC(C2=NC=CCC2)C1C. The fourth-order valence-electron chi connectivity index (χ4n) is 4.71. The van der Waals surface area contributed by atoms with Crippen LogP contribution < -0.4 is 0 Å². The molecule has 4 atom stereocenters. The quantitative estimate of drug-likeness (QED) is 0.618. The maximum absolute atomic E-state index is 5.32. The fraction of sp³-hybridized carbons (Fsp3) is 0.545. The number of rotatable bonds is 3. The van der Waals surface area contributed by atoms with Crippen molar-refractivity contribution >= 4 is 11.4 Å². The Balaban J connectivity index is 1.79. The van der Waals surface area contributed by atoms with Crippen LogP contribution in [0.5, 0.6) is 0 Å². The van der Waals surface area contributed by atoms with Gasteiger partial charge in [0.05, 0.1) is 11.8 Å². The Kier molecular flexibility index (Phi) is 4.39. The van der Waals surface area contributed by atoms with Gasteiger partial charge in [0.2, 0.25) is 0 Å². The molecule has 4 rings (SSSR count). The Morgan fingerprint density at radius 1 is 1.17 bits per heavy atom. The molecule has 0 spiro atoms. The van der Waals surface area contributed by atoms with Crippen LogP contribution in [-0.2, 0) is 0 Å². The lowest BCUT2D eigenvalue weighted by Crippen LogP contribution is -2.38. The number of dihydropyridines is 1. The van der Waals surface area contributed by atoms with E-state index < -0.39 is 0 Å². The molecule has 4 aliphatic rings. The summed E-state index contributed by atoms with van der Waals surface area (Å²) in [5.74, 6) is 1.60. The van der Waals surface area contributed by atoms with Gasteiger partial charge in [-0.25, -0.2) is 0 Å². The third-order valence-electron chi connectivity index (χ3n) is 5.99. The van der Waals surface area contributed by atoms with Crippen molar-refractivity contribution in [3.63, 3.8) is 0 Å². The molecule has 0 aromatic carbocycles. The van der Waals surface area contributed by atoms with Crippen LogP contribution in [0, 0.1) is 17.8 Å². The number of hydrogen-bond donors (Lipinski definition) is 0. The zero-order chi connectivity index (χ0) is 16.5. The normalized spacial score (nSPS) is 34.6. The van der Waals surface area contributed by atoms with Gasteiger partial charge in [-0.3, -0.25) is 9.98 Å². The summed E-state index contributed by atoms with van der Waals surface area (Å²) < 4.78 is 0. The minimum absolute atomic E-state index is 0.248. The molecule has 126 valence electrons. The summed E-state index contributed by atoms with van der Waals surface area (Å²) in [7, 11) is 0. The van der Waals surface area contributed by atoms with Crippen LogP contribution in [0.1, 0.15) is 52.4 Å². The van der Waals surface area contributed by atoms with Crippen LogP contribution >= 0.6 is 0 Å². The number of fused-ring (bicyclic) bond motifs is 3. The van der Waals surface area contributed by atoms with Crippen LogP contribution in [0.15, 0.2) is 57.7 Å². The molecule has 0 amide bonds. The first-order valence-corrected chi connectivity index (χ1v) is 9.67. The number of nitrogens with zero attached hydrogens (tertiary/aromatic N) is 2. The number of hydrogen-bond acceptors (Lipinski definition) is 2. The van der Waals surface area contributed by atoms with Gasteiger partial charge in [0.1, 0.15) is 0 Å². The lowest BCUT2D eigenvalue weighted by molar-refractivity contribution is 0.497. The average molecular weight is 320 g/mol. The summed E-state index contributed by atoms with van der Waals surface area (Å²) in [5, 5.41) is 0. The van der Waals surface area contributed by atoms with Crippen molar-refractivity contribution in [1.82, 2.24) is 0 Å². The molecule has 0 aromatic rings. The Labute approximate surface area is 145 Å². The van der Waals surface area contributed by atoms with E-state index in [1.807, 2.05) is 6.20 Å². The predicted molar refractivity (Wildman–Crippen MR) is 103 cm³/mol. The highest BCUT2D eigenvalue weighted by atomic mass is 14.9. The van der Waals surface area contributed by atoms with Crippen molar-refractivity contribution in [1.29, 1.82) is 0 Å². The summed E-state index contributed by atoms with van der Waals surface area (Å²) in [6.07, 6.45) is 20.8. The number of allylic oxidation sites excluding steroid dienone is 6. The van der Waals surface area contributed by atoms with Gasteiger partial charge in [0, 0.05) is 23.7 Å². The highest BCUT2D eigenvalue weighted by Gasteiger charge is 2.37. The van der Waals surface area contributed by atoms with Crippen LogP contribution in [0.3, 0.4) is 0 Å². The summed E-state index contributed by atoms with van der Waals surface area (Å²) in [4.78, 5) is 10.0. The van der Waals surface area contributed by atoms with Crippen molar-refractivity contribution in [2.45, 2.75) is 58.4 Å². The smallest absolute Gasteiger partial charge is 0.0946 e. The molecular weight excluding hydrogens is 292 g/mol. The Hall–Kier alpha value is -1.70. The fourth-order valence-corrected chi connectivity index (χ4v) is 4.71. The van der Waals surface area contributed by atoms with E-state index in [1.54, 1.807) is 5.57 Å². The van der Waals surface area contributed by atoms with Gasteiger partial charge in [-0.1, -0.05) is 56.2 Å². The Morgan fingerprint density at radius 3 is 2.88 bits per heavy atom. The third kappa shape index (κ3) is 2.66. The van der Waals surface area contributed by atoms with E-state index in [1.165, 1.54) is 42.7 Å². The van der Waals surface area contributed by atoms with Gasteiger partial charge < -0.3 is 0 Å². The van der Waals surface area contributed by atoms with Crippen LogP contribution in [0.2, 0.25) is 0 Å². The van der Waals surface area contributed by atoms with Gasteiger partial charge in [-0.05, 0) is 43.6 Å². The Morgan fingerprint density at radius 2 is 2.08 bits per heavy atom. The predicted octanol–water partition coefficient (Wildman–Crippen LogP) is 5.44. The second-order valence-corrected chi connectivity index (χ2v) is 7.53. The molecule has 0 radical (unpaired) electrons. The van der Waals surface area contributed by atoms with Crippen molar-refractivity contribution in [2.75, 3.05) is 0 Å². The summed E-state index contributed by atoms with van der Waals surface area (Å²) in [6, 6.07) is 0.248. The first-order valence-electron chi connectivity index (χ1n) is 9.67. The van der Waals surface area contributed by atoms with Gasteiger partial charge in [-0.15, -0.1) is 0 Å². The highest BCUT2D eigenvalue weighted by molar-refractivity contribution is 6.10. The molecule has 0 saturated carbocycles. The zero-order valence-electron chi connectivity index (χ0n) is 14.9. The molecule has 0 saturated heterocycles.